The summed E-state index contributed by atoms with van der Waals surface area (Å²) in [7, 11) is 0. The molecule has 4 rings (SSSR count). The number of fused-ring (bicyclic) bond motifs is 1. The molecule has 0 aromatic carbocycles. The van der Waals surface area contributed by atoms with E-state index in [0.29, 0.717) is 11.6 Å². The highest BCUT2D eigenvalue weighted by atomic mass is 32.2. The van der Waals surface area contributed by atoms with Gasteiger partial charge in [-0.2, -0.15) is 0 Å². The number of amides is 2. The van der Waals surface area contributed by atoms with Crippen molar-refractivity contribution >= 4 is 23.6 Å². The first-order chi connectivity index (χ1) is 11.5. The van der Waals surface area contributed by atoms with Gasteiger partial charge in [0.25, 0.3) is 0 Å². The third-order valence-corrected chi connectivity index (χ3v) is 5.86. The van der Waals surface area contributed by atoms with Crippen molar-refractivity contribution in [3.8, 4) is 0 Å². The SMILES string of the molecule is CC1(C)S[C@@H]2C(NC(=O)Cc3ccco3)C(=O)N2C1c1nnn[nH]1. The van der Waals surface area contributed by atoms with E-state index < -0.39 is 6.04 Å². The third-order valence-electron chi connectivity index (χ3n) is 4.29. The van der Waals surface area contributed by atoms with Crippen LogP contribution in [0.15, 0.2) is 22.8 Å². The Bertz CT molecular complexity index is 760. The molecule has 9 nitrogen and oxygen atoms in total. The standard InChI is InChI=1S/C14H16N6O3S/c1-14(2)10(11-16-18-19-17-11)20-12(22)9(13(20)24-14)15-8(21)6-7-4-3-5-23-7/h3-5,9-10,13H,6H2,1-2H3,(H,15,21)(H,16,17,18,19)/t9?,10?,13-/m1/s1. The van der Waals surface area contributed by atoms with Gasteiger partial charge in [-0.1, -0.05) is 0 Å². The minimum atomic E-state index is -0.530. The van der Waals surface area contributed by atoms with Crippen LogP contribution in [0.1, 0.15) is 31.5 Å². The van der Waals surface area contributed by atoms with Gasteiger partial charge in [0.2, 0.25) is 11.8 Å². The Kier molecular flexibility index (Phi) is 3.37. The van der Waals surface area contributed by atoms with E-state index in [9.17, 15) is 9.59 Å². The maximum atomic E-state index is 12.6. The lowest BCUT2D eigenvalue weighted by Crippen LogP contribution is -2.68. The second-order valence-electron chi connectivity index (χ2n) is 6.35. The van der Waals surface area contributed by atoms with E-state index in [-0.39, 0.29) is 34.4 Å². The van der Waals surface area contributed by atoms with E-state index in [1.807, 2.05) is 13.8 Å². The molecular formula is C14H16N6O3S. The first kappa shape index (κ1) is 15.2. The Balaban J connectivity index is 1.48. The van der Waals surface area contributed by atoms with Gasteiger partial charge in [0.1, 0.15) is 23.2 Å². The molecule has 2 saturated heterocycles. The molecule has 4 heterocycles. The molecule has 2 aliphatic rings. The number of nitrogens with zero attached hydrogens (tertiary/aromatic N) is 4. The van der Waals surface area contributed by atoms with Gasteiger partial charge in [0.15, 0.2) is 5.82 Å². The zero-order chi connectivity index (χ0) is 16.9. The van der Waals surface area contributed by atoms with Crippen LogP contribution in [0.2, 0.25) is 0 Å². The zero-order valence-electron chi connectivity index (χ0n) is 13.1. The molecule has 2 N–H and O–H groups in total. The Morgan fingerprint density at radius 1 is 1.54 bits per heavy atom. The van der Waals surface area contributed by atoms with Crippen molar-refractivity contribution in [2.75, 3.05) is 0 Å². The van der Waals surface area contributed by atoms with Gasteiger partial charge in [-0.25, -0.2) is 5.10 Å². The lowest BCUT2D eigenvalue weighted by molar-refractivity contribution is -0.151. The highest BCUT2D eigenvalue weighted by Gasteiger charge is 2.63. The second-order valence-corrected chi connectivity index (χ2v) is 8.12. The number of thioether (sulfide) groups is 1. The quantitative estimate of drug-likeness (QED) is 0.761. The number of tetrazole rings is 1. The lowest BCUT2D eigenvalue weighted by atomic mass is 9.95. The van der Waals surface area contributed by atoms with Crippen LogP contribution in [0.5, 0.6) is 0 Å². The maximum Gasteiger partial charge on any atom is 0.249 e. The summed E-state index contributed by atoms with van der Waals surface area (Å²) in [5.74, 6) is 0.781. The fourth-order valence-corrected chi connectivity index (χ4v) is 4.90. The normalized spacial score (nSPS) is 27.7. The Morgan fingerprint density at radius 3 is 3.04 bits per heavy atom. The third kappa shape index (κ3) is 2.29. The van der Waals surface area contributed by atoms with E-state index in [4.69, 9.17) is 4.42 Å². The molecule has 2 unspecified atom stereocenters. The van der Waals surface area contributed by atoms with Crippen LogP contribution in [0.4, 0.5) is 0 Å². The summed E-state index contributed by atoms with van der Waals surface area (Å²) in [6.45, 7) is 4.08. The fourth-order valence-electron chi connectivity index (χ4n) is 3.27. The summed E-state index contributed by atoms with van der Waals surface area (Å²) in [5, 5.41) is 16.6. The Morgan fingerprint density at radius 2 is 2.38 bits per heavy atom. The molecule has 3 atom stereocenters. The molecular weight excluding hydrogens is 332 g/mol. The van der Waals surface area contributed by atoms with E-state index in [1.165, 1.54) is 6.26 Å². The average molecular weight is 348 g/mol. The van der Waals surface area contributed by atoms with Gasteiger partial charge < -0.3 is 14.6 Å². The minimum Gasteiger partial charge on any atom is -0.469 e. The number of hydrogen-bond donors (Lipinski definition) is 2. The highest BCUT2D eigenvalue weighted by molar-refractivity contribution is 8.01. The van der Waals surface area contributed by atoms with E-state index in [2.05, 4.69) is 25.9 Å². The summed E-state index contributed by atoms with van der Waals surface area (Å²) < 4.78 is 4.90. The minimum absolute atomic E-state index is 0.118. The number of aromatic nitrogens is 4. The number of β-lactam (4-membered cyclic amide) rings is 1. The summed E-state index contributed by atoms with van der Waals surface area (Å²) in [6, 6.07) is 2.69. The zero-order valence-corrected chi connectivity index (χ0v) is 13.9. The number of carbonyl (C=O) groups excluding carboxylic acids is 2. The first-order valence-electron chi connectivity index (χ1n) is 7.53. The molecule has 0 bridgehead atoms. The largest absolute Gasteiger partial charge is 0.469 e. The van der Waals surface area contributed by atoms with Crippen LogP contribution in [0, 0.1) is 0 Å². The fraction of sp³-hybridized carbons (Fsp3) is 0.500. The topological polar surface area (TPSA) is 117 Å². The maximum absolute atomic E-state index is 12.6. The van der Waals surface area contributed by atoms with Gasteiger partial charge in [0.05, 0.1) is 12.7 Å². The van der Waals surface area contributed by atoms with Crippen molar-refractivity contribution < 1.29 is 14.0 Å². The van der Waals surface area contributed by atoms with Crippen LogP contribution in [-0.2, 0) is 16.0 Å². The molecule has 0 radical (unpaired) electrons. The molecule has 2 fully saturated rings. The predicted molar refractivity (Wildman–Crippen MR) is 83.6 cm³/mol. The molecule has 0 saturated carbocycles. The number of furan rings is 1. The number of nitrogens with one attached hydrogen (secondary N) is 2. The van der Waals surface area contributed by atoms with Crippen molar-refractivity contribution in [1.29, 1.82) is 0 Å². The predicted octanol–water partition coefficient (Wildman–Crippen LogP) is 0.255. The molecule has 2 amide bonds. The number of rotatable bonds is 4. The van der Waals surface area contributed by atoms with Crippen molar-refractivity contribution in [3.63, 3.8) is 0 Å². The first-order valence-corrected chi connectivity index (χ1v) is 8.41. The van der Waals surface area contributed by atoms with Gasteiger partial charge >= 0.3 is 0 Å². The molecule has 0 aliphatic carbocycles. The Hall–Kier alpha value is -2.36. The summed E-state index contributed by atoms with van der Waals surface area (Å²) in [4.78, 5) is 26.4. The summed E-state index contributed by atoms with van der Waals surface area (Å²) >= 11 is 1.64. The van der Waals surface area contributed by atoms with Crippen LogP contribution >= 0.6 is 11.8 Å². The lowest BCUT2D eigenvalue weighted by Gasteiger charge is -2.44. The average Bonchev–Trinajstić information content (AvgIpc) is 3.24. The summed E-state index contributed by atoms with van der Waals surface area (Å²) in [5.41, 5.74) is 0. The molecule has 10 heteroatoms. The van der Waals surface area contributed by atoms with E-state index in [1.54, 1.807) is 28.8 Å². The van der Waals surface area contributed by atoms with Crippen LogP contribution in [0.3, 0.4) is 0 Å². The smallest absolute Gasteiger partial charge is 0.249 e. The molecule has 2 aromatic heterocycles. The van der Waals surface area contributed by atoms with Crippen molar-refractivity contribution in [2.45, 2.75) is 42.5 Å². The molecule has 0 spiro atoms. The Labute approximate surface area is 141 Å². The monoisotopic (exact) mass is 348 g/mol. The van der Waals surface area contributed by atoms with Crippen LogP contribution in [-0.4, -0.2) is 53.5 Å². The number of H-pyrrole nitrogens is 1. The van der Waals surface area contributed by atoms with Gasteiger partial charge in [-0.15, -0.1) is 16.9 Å². The number of carbonyl (C=O) groups is 2. The van der Waals surface area contributed by atoms with E-state index in [0.717, 1.165) is 0 Å². The van der Waals surface area contributed by atoms with Crippen molar-refractivity contribution in [1.82, 2.24) is 30.8 Å². The molecule has 24 heavy (non-hydrogen) atoms. The van der Waals surface area contributed by atoms with Gasteiger partial charge in [0, 0.05) is 4.75 Å². The molecule has 2 aliphatic heterocycles. The number of hydrogen-bond acceptors (Lipinski definition) is 7. The van der Waals surface area contributed by atoms with Crippen LogP contribution in [0.25, 0.3) is 0 Å². The van der Waals surface area contributed by atoms with Gasteiger partial charge in [-0.3, -0.25) is 9.59 Å². The summed E-state index contributed by atoms with van der Waals surface area (Å²) in [6.07, 6.45) is 1.64. The van der Waals surface area contributed by atoms with Crippen molar-refractivity contribution in [3.05, 3.63) is 30.0 Å². The number of aromatic amines is 1. The van der Waals surface area contributed by atoms with Crippen molar-refractivity contribution in [2.24, 2.45) is 0 Å². The second kappa shape index (κ2) is 5.33. The molecule has 2 aromatic rings. The van der Waals surface area contributed by atoms with Gasteiger partial charge in [-0.05, 0) is 36.4 Å². The van der Waals surface area contributed by atoms with E-state index >= 15 is 0 Å². The van der Waals surface area contributed by atoms with Crippen LogP contribution < -0.4 is 5.32 Å². The molecule has 126 valence electrons. The highest BCUT2D eigenvalue weighted by Crippen LogP contribution is 2.56.